The lowest BCUT2D eigenvalue weighted by molar-refractivity contribution is 0.0218. The number of likely N-dealkylation sites (N-methyl/N-ethyl adjacent to an activating group) is 1. The lowest BCUT2D eigenvalue weighted by Gasteiger charge is -2.41. The molecule has 13 heteroatoms. The Morgan fingerprint density at radius 3 is 2.52 bits per heavy atom. The number of fused-ring (bicyclic) bond motifs is 1. The van der Waals surface area contributed by atoms with Crippen molar-refractivity contribution < 1.29 is 23.8 Å². The van der Waals surface area contributed by atoms with E-state index in [0.29, 0.717) is 50.5 Å². The summed E-state index contributed by atoms with van der Waals surface area (Å²) in [5, 5.41) is 0.250. The third-order valence-electron chi connectivity index (χ3n) is 7.89. The van der Waals surface area contributed by atoms with Crippen LogP contribution in [0.25, 0.3) is 0 Å². The summed E-state index contributed by atoms with van der Waals surface area (Å²) in [6.45, 7) is 11.2. The van der Waals surface area contributed by atoms with Crippen molar-refractivity contribution in [2.45, 2.75) is 71.3 Å². The maximum atomic E-state index is 13.6. The third-order valence-corrected chi connectivity index (χ3v) is 8.19. The molecular formula is C29H40ClN7O5. The molecule has 12 nitrogen and oxygen atoms in total. The predicted molar refractivity (Wildman–Crippen MR) is 157 cm³/mol. The second-order valence-electron chi connectivity index (χ2n) is 12.2. The van der Waals surface area contributed by atoms with Crippen LogP contribution >= 0.6 is 11.6 Å². The normalized spacial score (nSPS) is 21.0. The molecule has 42 heavy (non-hydrogen) atoms. The fourth-order valence-electron chi connectivity index (χ4n) is 5.62. The van der Waals surface area contributed by atoms with E-state index < -0.39 is 5.60 Å². The van der Waals surface area contributed by atoms with Crippen LogP contribution in [0.2, 0.25) is 5.02 Å². The van der Waals surface area contributed by atoms with Crippen molar-refractivity contribution in [3.8, 4) is 11.9 Å². The van der Waals surface area contributed by atoms with E-state index in [2.05, 4.69) is 28.8 Å². The highest BCUT2D eigenvalue weighted by Gasteiger charge is 2.37. The Morgan fingerprint density at radius 2 is 1.86 bits per heavy atom. The van der Waals surface area contributed by atoms with Gasteiger partial charge >= 0.3 is 12.1 Å². The van der Waals surface area contributed by atoms with Gasteiger partial charge in [0.25, 0.3) is 5.91 Å². The van der Waals surface area contributed by atoms with Crippen molar-refractivity contribution in [1.29, 1.82) is 0 Å². The summed E-state index contributed by atoms with van der Waals surface area (Å²) in [7, 11) is 3.59. The number of ether oxygens (including phenoxy) is 3. The zero-order valence-electron chi connectivity index (χ0n) is 25.2. The van der Waals surface area contributed by atoms with Gasteiger partial charge in [0.1, 0.15) is 18.0 Å². The Hall–Kier alpha value is -3.38. The zero-order valence-corrected chi connectivity index (χ0v) is 26.0. The number of hydrogen-bond acceptors (Lipinski definition) is 10. The Labute approximate surface area is 251 Å². The lowest BCUT2D eigenvalue weighted by Crippen LogP contribution is -2.55. The maximum absolute atomic E-state index is 13.6. The van der Waals surface area contributed by atoms with E-state index in [9.17, 15) is 9.59 Å². The average Bonchev–Trinajstić information content (AvgIpc) is 3.56. The number of piperazine rings is 1. The van der Waals surface area contributed by atoms with Crippen LogP contribution in [0.1, 0.15) is 62.3 Å². The number of nitrogens with zero attached hydrogens (tertiary/aromatic N) is 7. The first-order valence-corrected chi connectivity index (χ1v) is 14.8. The van der Waals surface area contributed by atoms with Crippen LogP contribution in [0.5, 0.6) is 11.9 Å². The second kappa shape index (κ2) is 12.1. The lowest BCUT2D eigenvalue weighted by atomic mass is 10.1. The standard InChI is InChI=1S/C29H40ClN7O5/c1-18-14-35(28(39)42-29(2,3)4)12-13-37(18)25-20-15-36(26(38)24-21(30)9-10-23(32-24)40-6)16-22(20)31-27(33-25)41-17-19-8-7-11-34(19)5/h9-10,18-19H,7-8,11-17H2,1-6H3/t18-,19-/m0/s1. The number of hydrogen-bond donors (Lipinski definition) is 0. The molecule has 0 N–H and O–H groups in total. The topological polar surface area (TPSA) is 113 Å². The SMILES string of the molecule is COc1ccc(Cl)c(C(=O)N2Cc3nc(OC[C@@H]4CCCN4C)nc(N4CCN(C(=O)OC(C)(C)C)C[C@@H]4C)c3C2)n1. The van der Waals surface area contributed by atoms with Crippen molar-refractivity contribution in [3.63, 3.8) is 0 Å². The Bertz CT molecular complexity index is 1340. The van der Waals surface area contributed by atoms with Gasteiger partial charge in [0.15, 0.2) is 5.69 Å². The van der Waals surface area contributed by atoms with Crippen molar-refractivity contribution in [2.24, 2.45) is 0 Å². The Morgan fingerprint density at radius 1 is 1.07 bits per heavy atom. The van der Waals surface area contributed by atoms with Crippen LogP contribution < -0.4 is 14.4 Å². The molecule has 3 aliphatic rings. The second-order valence-corrected chi connectivity index (χ2v) is 12.6. The van der Waals surface area contributed by atoms with E-state index >= 15 is 0 Å². The molecule has 0 aliphatic carbocycles. The van der Waals surface area contributed by atoms with Gasteiger partial charge in [-0.25, -0.2) is 9.78 Å². The summed E-state index contributed by atoms with van der Waals surface area (Å²) in [6.07, 6.45) is 1.87. The number of aromatic nitrogens is 3. The van der Waals surface area contributed by atoms with Crippen molar-refractivity contribution in [3.05, 3.63) is 34.1 Å². The fourth-order valence-corrected chi connectivity index (χ4v) is 5.81. The van der Waals surface area contributed by atoms with E-state index in [-0.39, 0.29) is 41.3 Å². The third kappa shape index (κ3) is 6.49. The van der Waals surface area contributed by atoms with E-state index in [1.807, 2.05) is 20.8 Å². The van der Waals surface area contributed by atoms with E-state index in [0.717, 1.165) is 30.6 Å². The number of pyridine rings is 1. The van der Waals surface area contributed by atoms with Crippen molar-refractivity contribution in [2.75, 3.05) is 51.8 Å². The molecule has 228 valence electrons. The molecule has 0 radical (unpaired) electrons. The molecule has 0 unspecified atom stereocenters. The van der Waals surface area contributed by atoms with Gasteiger partial charge in [-0.3, -0.25) is 4.79 Å². The van der Waals surface area contributed by atoms with E-state index in [1.165, 1.54) is 7.11 Å². The highest BCUT2D eigenvalue weighted by Crippen LogP contribution is 2.35. The maximum Gasteiger partial charge on any atom is 0.410 e. The molecule has 0 bridgehead atoms. The highest BCUT2D eigenvalue weighted by atomic mass is 35.5. The number of carbonyl (C=O) groups excluding carboxylic acids is 2. The van der Waals surface area contributed by atoms with Gasteiger partial charge in [0.05, 0.1) is 30.9 Å². The van der Waals surface area contributed by atoms with Crippen LogP contribution in [0.3, 0.4) is 0 Å². The summed E-state index contributed by atoms with van der Waals surface area (Å²) in [5.74, 6) is 0.705. The predicted octanol–water partition coefficient (Wildman–Crippen LogP) is 3.61. The molecule has 2 amide bonds. The van der Waals surface area contributed by atoms with Crippen LogP contribution in [0, 0.1) is 0 Å². The highest BCUT2D eigenvalue weighted by molar-refractivity contribution is 6.33. The van der Waals surface area contributed by atoms with Gasteiger partial charge in [0.2, 0.25) is 5.88 Å². The summed E-state index contributed by atoms with van der Waals surface area (Å²) < 4.78 is 17.0. The van der Waals surface area contributed by atoms with Gasteiger partial charge in [-0.05, 0) is 60.2 Å². The van der Waals surface area contributed by atoms with Gasteiger partial charge in [-0.15, -0.1) is 0 Å². The molecular weight excluding hydrogens is 562 g/mol. The Balaban J connectivity index is 1.40. The summed E-state index contributed by atoms with van der Waals surface area (Å²) in [5.41, 5.74) is 1.13. The molecule has 0 saturated carbocycles. The first-order chi connectivity index (χ1) is 19.9. The molecule has 5 heterocycles. The van der Waals surface area contributed by atoms with Crippen LogP contribution in [-0.2, 0) is 17.8 Å². The smallest absolute Gasteiger partial charge is 0.410 e. The van der Waals surface area contributed by atoms with Crippen LogP contribution in [0.4, 0.5) is 10.6 Å². The molecule has 2 saturated heterocycles. The van der Waals surface area contributed by atoms with Crippen molar-refractivity contribution >= 4 is 29.4 Å². The number of halogens is 1. The summed E-state index contributed by atoms with van der Waals surface area (Å²) in [4.78, 5) is 48.1. The monoisotopic (exact) mass is 601 g/mol. The first-order valence-electron chi connectivity index (χ1n) is 14.4. The molecule has 2 aromatic heterocycles. The number of rotatable bonds is 6. The van der Waals surface area contributed by atoms with Crippen molar-refractivity contribution in [1.82, 2.24) is 29.7 Å². The molecule has 2 aromatic rings. The summed E-state index contributed by atoms with van der Waals surface area (Å²) >= 11 is 6.36. The molecule has 0 spiro atoms. The largest absolute Gasteiger partial charge is 0.481 e. The minimum Gasteiger partial charge on any atom is -0.481 e. The minimum absolute atomic E-state index is 0.0571. The zero-order chi connectivity index (χ0) is 30.2. The Kier molecular flexibility index (Phi) is 8.66. The quantitative estimate of drug-likeness (QED) is 0.486. The van der Waals surface area contributed by atoms with E-state index in [4.69, 9.17) is 35.8 Å². The molecule has 2 fully saturated rings. The van der Waals surface area contributed by atoms with Crippen LogP contribution in [-0.4, -0.2) is 106 Å². The number of likely N-dealkylation sites (tertiary alicyclic amines) is 1. The number of carbonyl (C=O) groups is 2. The number of anilines is 1. The van der Waals surface area contributed by atoms with Crippen LogP contribution in [0.15, 0.2) is 12.1 Å². The number of methoxy groups -OCH3 is 1. The van der Waals surface area contributed by atoms with Gasteiger partial charge < -0.3 is 33.8 Å². The van der Waals surface area contributed by atoms with Gasteiger partial charge in [-0.2, -0.15) is 9.97 Å². The van der Waals surface area contributed by atoms with Gasteiger partial charge in [0, 0.05) is 43.3 Å². The molecule has 3 aliphatic heterocycles. The molecule has 0 aromatic carbocycles. The first kappa shape index (κ1) is 30.1. The minimum atomic E-state index is -0.568. The van der Waals surface area contributed by atoms with Gasteiger partial charge in [-0.1, -0.05) is 11.6 Å². The molecule has 2 atom stereocenters. The molecule has 5 rings (SSSR count). The fraction of sp³-hybridized carbons (Fsp3) is 0.621. The van der Waals surface area contributed by atoms with E-state index in [1.54, 1.807) is 21.9 Å². The average molecular weight is 602 g/mol. The summed E-state index contributed by atoms with van der Waals surface area (Å²) in [6, 6.07) is 3.76. The number of amides is 2.